The highest BCUT2D eigenvalue weighted by Crippen LogP contribution is 2.30. The average molecular weight is 271 g/mol. The molecule has 2 N–H and O–H groups in total. The van der Waals surface area contributed by atoms with E-state index in [1.807, 2.05) is 0 Å². The average Bonchev–Trinajstić information content (AvgIpc) is 2.09. The van der Waals surface area contributed by atoms with Crippen LogP contribution in [0, 0.1) is 0 Å². The molecule has 0 spiro atoms. The van der Waals surface area contributed by atoms with Crippen molar-refractivity contribution in [3.63, 3.8) is 0 Å². The Labute approximate surface area is 87.2 Å². The second kappa shape index (κ2) is 4.19. The quantitative estimate of drug-likeness (QED) is 0.663. The van der Waals surface area contributed by atoms with Crippen LogP contribution in [-0.2, 0) is 5.33 Å². The molecule has 0 radical (unpaired) electrons. The van der Waals surface area contributed by atoms with Crippen LogP contribution in [0.15, 0.2) is 6.07 Å². The molecule has 1 aromatic rings. The zero-order valence-electron chi connectivity index (χ0n) is 6.40. The Morgan fingerprint density at radius 1 is 1.62 bits per heavy atom. The zero-order valence-corrected chi connectivity index (χ0v) is 8.74. The molecule has 0 bridgehead atoms. The second-order valence-electron chi connectivity index (χ2n) is 2.34. The number of hydrogen-bond donors (Lipinski definition) is 1. The molecular formula is C7H6BrClF2N2. The Hall–Kier alpha value is -0.420. The summed E-state index contributed by atoms with van der Waals surface area (Å²) in [5, 5.41) is 0.291. The summed E-state index contributed by atoms with van der Waals surface area (Å²) in [6, 6.07) is 1.24. The largest absolute Gasteiger partial charge is 0.396 e. The minimum atomic E-state index is -2.63. The summed E-state index contributed by atoms with van der Waals surface area (Å²) in [5.74, 6) is 0. The number of rotatable bonds is 2. The lowest BCUT2D eigenvalue weighted by Crippen LogP contribution is -2.00. The number of nitrogen functional groups attached to an aromatic ring is 1. The maximum Gasteiger partial charge on any atom is 0.266 e. The van der Waals surface area contributed by atoms with E-state index in [2.05, 4.69) is 20.9 Å². The predicted molar refractivity (Wildman–Crippen MR) is 51.2 cm³/mol. The van der Waals surface area contributed by atoms with E-state index in [-0.39, 0.29) is 16.4 Å². The van der Waals surface area contributed by atoms with Gasteiger partial charge in [-0.25, -0.2) is 13.8 Å². The van der Waals surface area contributed by atoms with Crippen LogP contribution in [0.25, 0.3) is 0 Å². The fraction of sp³-hybridized carbons (Fsp3) is 0.286. The second-order valence-corrected chi connectivity index (χ2v) is 3.26. The van der Waals surface area contributed by atoms with Crippen LogP contribution >= 0.6 is 27.5 Å². The van der Waals surface area contributed by atoms with Gasteiger partial charge in [0, 0.05) is 10.9 Å². The molecule has 0 saturated heterocycles. The molecule has 13 heavy (non-hydrogen) atoms. The van der Waals surface area contributed by atoms with Crippen molar-refractivity contribution in [2.45, 2.75) is 11.8 Å². The first-order chi connectivity index (χ1) is 6.06. The van der Waals surface area contributed by atoms with Crippen molar-refractivity contribution < 1.29 is 8.78 Å². The molecule has 0 fully saturated rings. The topological polar surface area (TPSA) is 38.9 Å². The molecule has 0 aliphatic carbocycles. The van der Waals surface area contributed by atoms with Crippen molar-refractivity contribution in [1.82, 2.24) is 4.98 Å². The molecule has 0 aromatic carbocycles. The molecule has 1 aromatic heterocycles. The summed E-state index contributed by atoms with van der Waals surface area (Å²) >= 11 is 8.64. The summed E-state index contributed by atoms with van der Waals surface area (Å²) in [6.07, 6.45) is -2.63. The number of nitrogens with two attached hydrogens (primary N) is 1. The normalized spacial score (nSPS) is 10.8. The Morgan fingerprint density at radius 3 is 2.69 bits per heavy atom. The standard InChI is InChI=1S/C7H6BrClF2N2/c8-2-3-1-4(7(10)11)5(12)6(9)13-3/h1,7H,2,12H2. The van der Waals surface area contributed by atoms with Crippen LogP contribution in [-0.4, -0.2) is 4.98 Å². The van der Waals surface area contributed by atoms with E-state index in [4.69, 9.17) is 17.3 Å². The van der Waals surface area contributed by atoms with Crippen molar-refractivity contribution in [3.05, 3.63) is 22.5 Å². The minimum Gasteiger partial charge on any atom is -0.396 e. The van der Waals surface area contributed by atoms with Gasteiger partial charge in [0.2, 0.25) is 0 Å². The van der Waals surface area contributed by atoms with Gasteiger partial charge in [0.25, 0.3) is 6.43 Å². The third kappa shape index (κ3) is 2.28. The lowest BCUT2D eigenvalue weighted by atomic mass is 10.2. The highest BCUT2D eigenvalue weighted by Gasteiger charge is 2.15. The van der Waals surface area contributed by atoms with E-state index < -0.39 is 6.43 Å². The van der Waals surface area contributed by atoms with Crippen LogP contribution < -0.4 is 5.73 Å². The zero-order chi connectivity index (χ0) is 10.0. The Balaban J connectivity index is 3.25. The number of halogens is 4. The molecule has 1 heterocycles. The highest BCUT2D eigenvalue weighted by atomic mass is 79.9. The van der Waals surface area contributed by atoms with Crippen LogP contribution in [0.2, 0.25) is 5.15 Å². The monoisotopic (exact) mass is 270 g/mol. The van der Waals surface area contributed by atoms with Crippen molar-refractivity contribution >= 4 is 33.2 Å². The summed E-state index contributed by atoms with van der Waals surface area (Å²) < 4.78 is 24.7. The molecule has 2 nitrogen and oxygen atoms in total. The van der Waals surface area contributed by atoms with Gasteiger partial charge in [-0.3, -0.25) is 0 Å². The summed E-state index contributed by atoms with van der Waals surface area (Å²) in [7, 11) is 0. The van der Waals surface area contributed by atoms with Crippen molar-refractivity contribution in [2.75, 3.05) is 5.73 Å². The van der Waals surface area contributed by atoms with E-state index in [0.29, 0.717) is 11.0 Å². The first-order valence-corrected chi connectivity index (χ1v) is 4.85. The highest BCUT2D eigenvalue weighted by molar-refractivity contribution is 9.08. The Kier molecular flexibility index (Phi) is 3.44. The lowest BCUT2D eigenvalue weighted by Gasteiger charge is -2.07. The fourth-order valence-electron chi connectivity index (χ4n) is 0.844. The summed E-state index contributed by atoms with van der Waals surface area (Å²) in [4.78, 5) is 3.79. The first kappa shape index (κ1) is 10.7. The maximum absolute atomic E-state index is 12.3. The molecule has 6 heteroatoms. The number of aromatic nitrogens is 1. The number of alkyl halides is 3. The third-order valence-corrected chi connectivity index (χ3v) is 2.33. The summed E-state index contributed by atoms with van der Waals surface area (Å²) in [5.41, 5.74) is 5.34. The predicted octanol–water partition coefficient (Wildman–Crippen LogP) is 3.15. The number of hydrogen-bond acceptors (Lipinski definition) is 2. The number of nitrogens with zero attached hydrogens (tertiary/aromatic N) is 1. The first-order valence-electron chi connectivity index (χ1n) is 3.35. The van der Waals surface area contributed by atoms with Gasteiger partial charge in [-0.2, -0.15) is 0 Å². The van der Waals surface area contributed by atoms with Gasteiger partial charge in [0.15, 0.2) is 5.15 Å². The molecule has 0 aliphatic rings. The van der Waals surface area contributed by atoms with Crippen LogP contribution in [0.1, 0.15) is 17.7 Å². The maximum atomic E-state index is 12.3. The van der Waals surface area contributed by atoms with E-state index in [1.165, 1.54) is 6.07 Å². The molecule has 72 valence electrons. The molecule has 0 aliphatic heterocycles. The molecule has 1 rings (SSSR count). The Bertz CT molecular complexity index is 320. The van der Waals surface area contributed by atoms with E-state index >= 15 is 0 Å². The van der Waals surface area contributed by atoms with Crippen molar-refractivity contribution in [1.29, 1.82) is 0 Å². The van der Waals surface area contributed by atoms with Gasteiger partial charge in [-0.1, -0.05) is 27.5 Å². The number of pyridine rings is 1. The molecule has 0 saturated carbocycles. The SMILES string of the molecule is Nc1c(C(F)F)cc(CBr)nc1Cl. The van der Waals surface area contributed by atoms with E-state index in [1.54, 1.807) is 0 Å². The van der Waals surface area contributed by atoms with Gasteiger partial charge in [-0.05, 0) is 6.07 Å². The lowest BCUT2D eigenvalue weighted by molar-refractivity contribution is 0.152. The van der Waals surface area contributed by atoms with Crippen LogP contribution in [0.4, 0.5) is 14.5 Å². The molecule has 0 amide bonds. The van der Waals surface area contributed by atoms with Crippen molar-refractivity contribution in [2.24, 2.45) is 0 Å². The minimum absolute atomic E-state index is 0.0766. The van der Waals surface area contributed by atoms with Gasteiger partial charge < -0.3 is 5.73 Å². The third-order valence-electron chi connectivity index (χ3n) is 1.47. The van der Waals surface area contributed by atoms with Gasteiger partial charge in [0.05, 0.1) is 11.4 Å². The molecule has 0 unspecified atom stereocenters. The summed E-state index contributed by atoms with van der Waals surface area (Å²) in [6.45, 7) is 0. The van der Waals surface area contributed by atoms with E-state index in [9.17, 15) is 8.78 Å². The number of anilines is 1. The van der Waals surface area contributed by atoms with Gasteiger partial charge in [0.1, 0.15) is 0 Å². The van der Waals surface area contributed by atoms with E-state index in [0.717, 1.165) is 0 Å². The molecular weight excluding hydrogens is 265 g/mol. The van der Waals surface area contributed by atoms with Crippen molar-refractivity contribution in [3.8, 4) is 0 Å². The van der Waals surface area contributed by atoms with Crippen LogP contribution in [0.3, 0.4) is 0 Å². The van der Waals surface area contributed by atoms with Crippen LogP contribution in [0.5, 0.6) is 0 Å². The van der Waals surface area contributed by atoms with Gasteiger partial charge in [-0.15, -0.1) is 0 Å². The Morgan fingerprint density at radius 2 is 2.23 bits per heavy atom. The van der Waals surface area contributed by atoms with Gasteiger partial charge >= 0.3 is 0 Å². The molecule has 0 atom stereocenters. The fourth-order valence-corrected chi connectivity index (χ4v) is 1.35. The smallest absolute Gasteiger partial charge is 0.266 e.